The summed E-state index contributed by atoms with van der Waals surface area (Å²) in [5.41, 5.74) is 2.92. The molecular formula is C17H21NO3. The molecule has 0 atom stereocenters. The fourth-order valence-electron chi connectivity index (χ4n) is 2.96. The molecule has 4 nitrogen and oxygen atoms in total. The normalized spacial score (nSPS) is 21.3. The number of fused-ring (bicyclic) bond motifs is 1. The molecule has 0 radical (unpaired) electrons. The molecule has 1 N–H and O–H groups in total. The van der Waals surface area contributed by atoms with Gasteiger partial charge in [-0.2, -0.15) is 0 Å². The summed E-state index contributed by atoms with van der Waals surface area (Å²) in [6, 6.07) is 6.03. The Labute approximate surface area is 124 Å². The van der Waals surface area contributed by atoms with Gasteiger partial charge in [-0.1, -0.05) is 12.1 Å². The van der Waals surface area contributed by atoms with Crippen LogP contribution >= 0.6 is 0 Å². The zero-order chi connectivity index (χ0) is 15.0. The summed E-state index contributed by atoms with van der Waals surface area (Å²) in [5.74, 6) is 0.539. The van der Waals surface area contributed by atoms with Crippen LogP contribution in [-0.2, 0) is 11.2 Å². The minimum Gasteiger partial charge on any atom is -0.464 e. The molecule has 0 aliphatic heterocycles. The van der Waals surface area contributed by atoms with Gasteiger partial charge in [0.1, 0.15) is 5.58 Å². The predicted octanol–water partition coefficient (Wildman–Crippen LogP) is 2.51. The first-order valence-corrected chi connectivity index (χ1v) is 7.41. The van der Waals surface area contributed by atoms with Gasteiger partial charge in [-0.15, -0.1) is 0 Å². The summed E-state index contributed by atoms with van der Waals surface area (Å²) in [6.07, 6.45) is 3.50. The predicted molar refractivity (Wildman–Crippen MR) is 81.0 cm³/mol. The SMILES string of the molecule is Cc1ccc2c(CC(=O)N(C)CC3CC(O)C3)coc2c1. The number of aliphatic hydroxyl groups excluding tert-OH is 1. The van der Waals surface area contributed by atoms with Gasteiger partial charge in [0.25, 0.3) is 0 Å². The fraction of sp³-hybridized carbons (Fsp3) is 0.471. The van der Waals surface area contributed by atoms with Crippen molar-refractivity contribution in [3.05, 3.63) is 35.6 Å². The average molecular weight is 287 g/mol. The lowest BCUT2D eigenvalue weighted by Gasteiger charge is -2.34. The van der Waals surface area contributed by atoms with E-state index in [0.29, 0.717) is 12.3 Å². The van der Waals surface area contributed by atoms with E-state index in [-0.39, 0.29) is 12.0 Å². The molecule has 1 fully saturated rings. The molecule has 0 spiro atoms. The molecular weight excluding hydrogens is 266 g/mol. The molecule has 21 heavy (non-hydrogen) atoms. The number of aliphatic hydroxyl groups is 1. The van der Waals surface area contributed by atoms with E-state index in [1.165, 1.54) is 0 Å². The minimum absolute atomic E-state index is 0.0969. The van der Waals surface area contributed by atoms with Crippen LogP contribution in [-0.4, -0.2) is 35.6 Å². The third kappa shape index (κ3) is 2.95. The van der Waals surface area contributed by atoms with Crippen LogP contribution < -0.4 is 0 Å². The highest BCUT2D eigenvalue weighted by Crippen LogP contribution is 2.28. The summed E-state index contributed by atoms with van der Waals surface area (Å²) in [7, 11) is 1.83. The molecule has 3 rings (SSSR count). The van der Waals surface area contributed by atoms with Crippen molar-refractivity contribution in [3.63, 3.8) is 0 Å². The lowest BCUT2D eigenvalue weighted by atomic mass is 9.82. The zero-order valence-electron chi connectivity index (χ0n) is 12.5. The van der Waals surface area contributed by atoms with E-state index in [9.17, 15) is 9.90 Å². The lowest BCUT2D eigenvalue weighted by Crippen LogP contribution is -2.40. The van der Waals surface area contributed by atoms with Gasteiger partial charge >= 0.3 is 0 Å². The Morgan fingerprint density at radius 2 is 2.19 bits per heavy atom. The van der Waals surface area contributed by atoms with Crippen LogP contribution in [0.1, 0.15) is 24.0 Å². The van der Waals surface area contributed by atoms with Crippen molar-refractivity contribution in [2.75, 3.05) is 13.6 Å². The van der Waals surface area contributed by atoms with E-state index in [1.54, 1.807) is 11.2 Å². The maximum Gasteiger partial charge on any atom is 0.226 e. The van der Waals surface area contributed by atoms with E-state index in [2.05, 4.69) is 0 Å². The van der Waals surface area contributed by atoms with Crippen molar-refractivity contribution in [2.45, 2.75) is 32.3 Å². The molecule has 1 aliphatic carbocycles. The average Bonchev–Trinajstić information content (AvgIpc) is 2.79. The Kier molecular flexibility index (Phi) is 3.72. The highest BCUT2D eigenvalue weighted by atomic mass is 16.3. The van der Waals surface area contributed by atoms with Crippen molar-refractivity contribution in [2.24, 2.45) is 5.92 Å². The third-order valence-electron chi connectivity index (χ3n) is 4.32. The second kappa shape index (κ2) is 5.53. The largest absolute Gasteiger partial charge is 0.464 e. The van der Waals surface area contributed by atoms with Crippen molar-refractivity contribution in [1.82, 2.24) is 4.90 Å². The monoisotopic (exact) mass is 287 g/mol. The van der Waals surface area contributed by atoms with Crippen LogP contribution in [0.15, 0.2) is 28.9 Å². The molecule has 1 aliphatic rings. The van der Waals surface area contributed by atoms with Gasteiger partial charge in [0, 0.05) is 24.5 Å². The Balaban J connectivity index is 1.65. The van der Waals surface area contributed by atoms with Gasteiger partial charge in [-0.25, -0.2) is 0 Å². The molecule has 1 amide bonds. The molecule has 1 aromatic carbocycles. The van der Waals surface area contributed by atoms with Crippen LogP contribution in [0.25, 0.3) is 11.0 Å². The van der Waals surface area contributed by atoms with Gasteiger partial charge in [0.15, 0.2) is 0 Å². The molecule has 112 valence electrons. The van der Waals surface area contributed by atoms with Crippen LogP contribution in [0.4, 0.5) is 0 Å². The molecule has 2 aromatic rings. The minimum atomic E-state index is -0.167. The van der Waals surface area contributed by atoms with Crippen molar-refractivity contribution in [1.29, 1.82) is 0 Å². The maximum atomic E-state index is 12.3. The summed E-state index contributed by atoms with van der Waals surface area (Å²) in [5, 5.41) is 10.3. The number of carbonyl (C=O) groups excluding carboxylic acids is 1. The maximum absolute atomic E-state index is 12.3. The van der Waals surface area contributed by atoms with Crippen LogP contribution in [0, 0.1) is 12.8 Å². The van der Waals surface area contributed by atoms with Crippen molar-refractivity contribution in [3.8, 4) is 0 Å². The quantitative estimate of drug-likeness (QED) is 0.940. The number of hydrogen-bond acceptors (Lipinski definition) is 3. The fourth-order valence-corrected chi connectivity index (χ4v) is 2.96. The molecule has 1 heterocycles. The number of nitrogens with zero attached hydrogens (tertiary/aromatic N) is 1. The Morgan fingerprint density at radius 3 is 2.90 bits per heavy atom. The summed E-state index contributed by atoms with van der Waals surface area (Å²) < 4.78 is 5.53. The Morgan fingerprint density at radius 1 is 1.43 bits per heavy atom. The third-order valence-corrected chi connectivity index (χ3v) is 4.32. The van der Waals surface area contributed by atoms with Gasteiger partial charge in [-0.05, 0) is 37.3 Å². The van der Waals surface area contributed by atoms with E-state index < -0.39 is 0 Å². The van der Waals surface area contributed by atoms with Crippen LogP contribution in [0.3, 0.4) is 0 Å². The molecule has 0 bridgehead atoms. The number of likely N-dealkylation sites (N-methyl/N-ethyl adjacent to an activating group) is 1. The van der Waals surface area contributed by atoms with Crippen LogP contribution in [0.2, 0.25) is 0 Å². The molecule has 4 heteroatoms. The van der Waals surface area contributed by atoms with E-state index >= 15 is 0 Å². The molecule has 1 aromatic heterocycles. The van der Waals surface area contributed by atoms with Gasteiger partial charge in [0.05, 0.1) is 18.8 Å². The Hall–Kier alpha value is -1.81. The van der Waals surface area contributed by atoms with E-state index in [1.807, 2.05) is 32.2 Å². The highest BCUT2D eigenvalue weighted by molar-refractivity contribution is 5.87. The Bertz CT molecular complexity index is 655. The first-order chi connectivity index (χ1) is 10.0. The van der Waals surface area contributed by atoms with E-state index in [4.69, 9.17) is 4.42 Å². The first-order valence-electron chi connectivity index (χ1n) is 7.41. The van der Waals surface area contributed by atoms with Gasteiger partial charge < -0.3 is 14.4 Å². The van der Waals surface area contributed by atoms with Crippen molar-refractivity contribution < 1.29 is 14.3 Å². The number of furan rings is 1. The molecule has 0 unspecified atom stereocenters. The van der Waals surface area contributed by atoms with E-state index in [0.717, 1.165) is 41.5 Å². The number of rotatable bonds is 4. The first kappa shape index (κ1) is 14.1. The summed E-state index contributed by atoms with van der Waals surface area (Å²) in [6.45, 7) is 2.75. The van der Waals surface area contributed by atoms with Crippen LogP contribution in [0.5, 0.6) is 0 Å². The number of benzene rings is 1. The lowest BCUT2D eigenvalue weighted by molar-refractivity contribution is -0.130. The molecule has 0 saturated heterocycles. The number of amides is 1. The number of aryl methyl sites for hydroxylation is 1. The van der Waals surface area contributed by atoms with Gasteiger partial charge in [-0.3, -0.25) is 4.79 Å². The second-order valence-corrected chi connectivity index (χ2v) is 6.20. The second-order valence-electron chi connectivity index (χ2n) is 6.20. The van der Waals surface area contributed by atoms with Crippen molar-refractivity contribution >= 4 is 16.9 Å². The molecule has 1 saturated carbocycles. The number of hydrogen-bond donors (Lipinski definition) is 1. The highest BCUT2D eigenvalue weighted by Gasteiger charge is 2.29. The summed E-state index contributed by atoms with van der Waals surface area (Å²) >= 11 is 0. The number of carbonyl (C=O) groups is 1. The zero-order valence-corrected chi connectivity index (χ0v) is 12.5. The smallest absolute Gasteiger partial charge is 0.226 e. The summed E-state index contributed by atoms with van der Waals surface area (Å²) in [4.78, 5) is 14.1. The topological polar surface area (TPSA) is 53.7 Å². The standard InChI is InChI=1S/C17H21NO3/c1-11-3-4-15-13(10-21-16(15)5-11)8-17(20)18(2)9-12-6-14(19)7-12/h3-5,10,12,14,19H,6-9H2,1-2H3. The van der Waals surface area contributed by atoms with Gasteiger partial charge in [0.2, 0.25) is 5.91 Å².